The van der Waals surface area contributed by atoms with Gasteiger partial charge in [0.2, 0.25) is 0 Å². The van der Waals surface area contributed by atoms with Gasteiger partial charge in [0.1, 0.15) is 4.88 Å². The number of carboxylic acid groups (broad SMARTS) is 1. The minimum absolute atomic E-state index is 0.181. The van der Waals surface area contributed by atoms with Gasteiger partial charge in [0.05, 0.1) is 12.9 Å². The van der Waals surface area contributed by atoms with Crippen molar-refractivity contribution in [3.8, 4) is 0 Å². The van der Waals surface area contributed by atoms with Crippen molar-refractivity contribution in [2.75, 3.05) is 0 Å². The fourth-order valence-electron chi connectivity index (χ4n) is 1.47. The fraction of sp³-hybridized carbons (Fsp3) is 0.182. The van der Waals surface area contributed by atoms with Gasteiger partial charge >= 0.3 is 5.97 Å². The van der Waals surface area contributed by atoms with Crippen molar-refractivity contribution < 1.29 is 9.90 Å². The van der Waals surface area contributed by atoms with Crippen LogP contribution >= 0.6 is 11.3 Å². The average Bonchev–Trinajstić information content (AvgIpc) is 2.70. The third-order valence-electron chi connectivity index (χ3n) is 2.30. The zero-order chi connectivity index (χ0) is 12.4. The Kier molecular flexibility index (Phi) is 3.06. The first kappa shape index (κ1) is 11.5. The molecule has 2 heterocycles. The van der Waals surface area contributed by atoms with Crippen molar-refractivity contribution in [3.63, 3.8) is 0 Å². The van der Waals surface area contributed by atoms with Crippen LogP contribution in [0.2, 0.25) is 0 Å². The lowest BCUT2D eigenvalue weighted by molar-refractivity contribution is 0.0701. The predicted octanol–water partition coefficient (Wildman–Crippen LogP) is 1.36. The molecule has 0 aliphatic heterocycles. The highest BCUT2D eigenvalue weighted by Gasteiger charge is 2.12. The Morgan fingerprint density at radius 3 is 3.00 bits per heavy atom. The summed E-state index contributed by atoms with van der Waals surface area (Å²) >= 11 is 1.15. The smallest absolute Gasteiger partial charge is 0.346 e. The molecule has 5 nitrogen and oxygen atoms in total. The number of rotatable bonds is 3. The summed E-state index contributed by atoms with van der Waals surface area (Å²) in [6.07, 6.45) is 1.43. The maximum Gasteiger partial charge on any atom is 0.346 e. The molecular formula is C11H10N2O3S. The van der Waals surface area contributed by atoms with Gasteiger partial charge in [-0.05, 0) is 23.9 Å². The molecule has 0 amide bonds. The Bertz CT molecular complexity index is 615. The van der Waals surface area contributed by atoms with Gasteiger partial charge in [0.25, 0.3) is 5.56 Å². The van der Waals surface area contributed by atoms with E-state index in [1.807, 2.05) is 0 Å². The van der Waals surface area contributed by atoms with E-state index >= 15 is 0 Å². The summed E-state index contributed by atoms with van der Waals surface area (Å²) in [5.74, 6) is -0.969. The lowest BCUT2D eigenvalue weighted by atomic mass is 10.2. The Hall–Kier alpha value is -1.95. The van der Waals surface area contributed by atoms with E-state index in [-0.39, 0.29) is 17.0 Å². The van der Waals surface area contributed by atoms with E-state index in [0.717, 1.165) is 11.3 Å². The summed E-state index contributed by atoms with van der Waals surface area (Å²) in [6, 6.07) is 3.13. The molecule has 0 aliphatic carbocycles. The first-order valence-corrected chi connectivity index (χ1v) is 5.78. The van der Waals surface area contributed by atoms with Gasteiger partial charge in [-0.15, -0.1) is 11.3 Å². The quantitative estimate of drug-likeness (QED) is 0.892. The highest BCUT2D eigenvalue weighted by molar-refractivity contribution is 7.12. The summed E-state index contributed by atoms with van der Waals surface area (Å²) in [5.41, 5.74) is 1.09. The lowest BCUT2D eigenvalue weighted by Crippen LogP contribution is -2.21. The van der Waals surface area contributed by atoms with E-state index in [0.29, 0.717) is 11.3 Å². The summed E-state index contributed by atoms with van der Waals surface area (Å²) in [4.78, 5) is 26.8. The van der Waals surface area contributed by atoms with Gasteiger partial charge in [-0.2, -0.15) is 0 Å². The largest absolute Gasteiger partial charge is 0.477 e. The van der Waals surface area contributed by atoms with Gasteiger partial charge < -0.3 is 5.11 Å². The molecule has 0 saturated heterocycles. The van der Waals surface area contributed by atoms with Crippen molar-refractivity contribution in [1.82, 2.24) is 9.55 Å². The van der Waals surface area contributed by atoms with Crippen LogP contribution in [0.4, 0.5) is 0 Å². The second kappa shape index (κ2) is 4.50. The lowest BCUT2D eigenvalue weighted by Gasteiger charge is -2.04. The second-order valence-corrected chi connectivity index (χ2v) is 4.49. The molecule has 2 aromatic rings. The topological polar surface area (TPSA) is 72.2 Å². The Balaban J connectivity index is 2.35. The third kappa shape index (κ3) is 2.42. The predicted molar refractivity (Wildman–Crippen MR) is 63.6 cm³/mol. The molecule has 0 spiro atoms. The standard InChI is InChI=1S/C11H10N2O3S/c1-7-4-9(14)13(6-12-7)5-8-2-3-17-10(8)11(15)16/h2-4,6H,5H2,1H3,(H,15,16). The summed E-state index contributed by atoms with van der Waals surface area (Å²) in [5, 5.41) is 10.7. The molecule has 0 unspecified atom stereocenters. The minimum Gasteiger partial charge on any atom is -0.477 e. The molecular weight excluding hydrogens is 240 g/mol. The van der Waals surface area contributed by atoms with Crippen LogP contribution in [-0.2, 0) is 6.54 Å². The number of carbonyl (C=O) groups is 1. The summed E-state index contributed by atoms with van der Waals surface area (Å²) in [7, 11) is 0. The Labute approximate surface area is 101 Å². The number of thiophene rings is 1. The minimum atomic E-state index is -0.969. The highest BCUT2D eigenvalue weighted by Crippen LogP contribution is 2.17. The normalized spacial score (nSPS) is 10.4. The Morgan fingerprint density at radius 1 is 1.59 bits per heavy atom. The number of nitrogens with zero attached hydrogens (tertiary/aromatic N) is 2. The number of hydrogen-bond acceptors (Lipinski definition) is 4. The van der Waals surface area contributed by atoms with Crippen LogP contribution in [0.3, 0.4) is 0 Å². The van der Waals surface area contributed by atoms with Crippen LogP contribution in [0.1, 0.15) is 20.9 Å². The maximum atomic E-state index is 11.6. The van der Waals surface area contributed by atoms with Gasteiger partial charge in [0.15, 0.2) is 0 Å². The number of aryl methyl sites for hydroxylation is 1. The van der Waals surface area contributed by atoms with E-state index in [2.05, 4.69) is 4.98 Å². The molecule has 1 N–H and O–H groups in total. The molecule has 6 heteroatoms. The average molecular weight is 250 g/mol. The van der Waals surface area contributed by atoms with E-state index < -0.39 is 5.97 Å². The van der Waals surface area contributed by atoms with Crippen molar-refractivity contribution >= 4 is 17.3 Å². The van der Waals surface area contributed by atoms with Crippen molar-refractivity contribution in [2.45, 2.75) is 13.5 Å². The van der Waals surface area contributed by atoms with E-state index in [4.69, 9.17) is 5.11 Å². The summed E-state index contributed by atoms with van der Waals surface area (Å²) in [6.45, 7) is 1.97. The van der Waals surface area contributed by atoms with Crippen LogP contribution in [0.5, 0.6) is 0 Å². The third-order valence-corrected chi connectivity index (χ3v) is 3.24. The van der Waals surface area contributed by atoms with Gasteiger partial charge in [-0.3, -0.25) is 9.36 Å². The molecule has 0 aliphatic rings. The first-order chi connectivity index (χ1) is 8.08. The van der Waals surface area contributed by atoms with Crippen LogP contribution in [-0.4, -0.2) is 20.6 Å². The molecule has 2 aromatic heterocycles. The maximum absolute atomic E-state index is 11.6. The molecule has 0 atom stereocenters. The summed E-state index contributed by atoms with van der Waals surface area (Å²) < 4.78 is 1.39. The molecule has 2 rings (SSSR count). The highest BCUT2D eigenvalue weighted by atomic mass is 32.1. The number of aromatic nitrogens is 2. The SMILES string of the molecule is Cc1cc(=O)n(Cc2ccsc2C(=O)O)cn1. The number of aromatic carboxylic acids is 1. The zero-order valence-electron chi connectivity index (χ0n) is 9.08. The molecule has 0 bridgehead atoms. The number of hydrogen-bond donors (Lipinski definition) is 1. The van der Waals surface area contributed by atoms with Crippen molar-refractivity contribution in [2.24, 2.45) is 0 Å². The van der Waals surface area contributed by atoms with Crippen LogP contribution in [0.25, 0.3) is 0 Å². The van der Waals surface area contributed by atoms with Crippen LogP contribution in [0.15, 0.2) is 28.6 Å². The molecule has 88 valence electrons. The van der Waals surface area contributed by atoms with Crippen LogP contribution < -0.4 is 5.56 Å². The first-order valence-electron chi connectivity index (χ1n) is 4.90. The molecule has 0 saturated carbocycles. The van der Waals surface area contributed by atoms with E-state index in [1.165, 1.54) is 17.0 Å². The molecule has 17 heavy (non-hydrogen) atoms. The van der Waals surface area contributed by atoms with E-state index in [1.54, 1.807) is 18.4 Å². The van der Waals surface area contributed by atoms with Gasteiger partial charge in [-0.25, -0.2) is 9.78 Å². The number of carboxylic acids is 1. The van der Waals surface area contributed by atoms with Crippen molar-refractivity contribution in [3.05, 3.63) is 50.3 Å². The van der Waals surface area contributed by atoms with E-state index in [9.17, 15) is 9.59 Å². The van der Waals surface area contributed by atoms with Gasteiger partial charge in [0, 0.05) is 11.8 Å². The molecule has 0 fully saturated rings. The van der Waals surface area contributed by atoms with Crippen LogP contribution in [0, 0.1) is 6.92 Å². The zero-order valence-corrected chi connectivity index (χ0v) is 9.90. The molecule has 0 aromatic carbocycles. The Morgan fingerprint density at radius 2 is 2.35 bits per heavy atom. The fourth-order valence-corrected chi connectivity index (χ4v) is 2.22. The van der Waals surface area contributed by atoms with Crippen molar-refractivity contribution in [1.29, 1.82) is 0 Å². The van der Waals surface area contributed by atoms with Gasteiger partial charge in [-0.1, -0.05) is 0 Å². The second-order valence-electron chi connectivity index (χ2n) is 3.58. The molecule has 0 radical (unpaired) electrons. The monoisotopic (exact) mass is 250 g/mol.